The van der Waals surface area contributed by atoms with E-state index in [1.165, 1.54) is 19.2 Å². The molecule has 0 bridgehead atoms. The number of benzene rings is 1. The van der Waals surface area contributed by atoms with E-state index in [1.807, 2.05) is 19.0 Å². The summed E-state index contributed by atoms with van der Waals surface area (Å²) in [5, 5.41) is 7.93. The minimum absolute atomic E-state index is 0.00106. The van der Waals surface area contributed by atoms with Gasteiger partial charge in [-0.3, -0.25) is 4.79 Å². The Labute approximate surface area is 142 Å². The number of rotatable bonds is 7. The summed E-state index contributed by atoms with van der Waals surface area (Å²) in [5.74, 6) is -0.728. The second-order valence-corrected chi connectivity index (χ2v) is 6.46. The fraction of sp³-hybridized carbons (Fsp3) is 0.529. The van der Waals surface area contributed by atoms with Gasteiger partial charge < -0.3 is 20.9 Å². The Balaban J connectivity index is 2.77. The molecule has 1 atom stereocenters. The third-order valence-corrected chi connectivity index (χ3v) is 3.37. The number of amides is 3. The van der Waals surface area contributed by atoms with Crippen LogP contribution >= 0.6 is 0 Å². The van der Waals surface area contributed by atoms with Crippen LogP contribution in [0.15, 0.2) is 18.2 Å². The molecular weight excluding hydrogens is 311 g/mol. The quantitative estimate of drug-likeness (QED) is 0.714. The first-order valence-electron chi connectivity index (χ1n) is 7.96. The molecule has 0 aliphatic rings. The average Bonchev–Trinajstić information content (AvgIpc) is 2.46. The molecule has 6 nitrogen and oxygen atoms in total. The highest BCUT2D eigenvalue weighted by Gasteiger charge is 2.16. The predicted octanol–water partition coefficient (Wildman–Crippen LogP) is 2.28. The maximum atomic E-state index is 13.6. The number of nitrogens with one attached hydrogen (secondary N) is 3. The Hall–Kier alpha value is -2.15. The van der Waals surface area contributed by atoms with E-state index in [-0.39, 0.29) is 17.6 Å². The summed E-state index contributed by atoms with van der Waals surface area (Å²) in [4.78, 5) is 25.8. The summed E-state index contributed by atoms with van der Waals surface area (Å²) in [5.41, 5.74) is 0.253. The van der Waals surface area contributed by atoms with E-state index in [4.69, 9.17) is 0 Å². The van der Waals surface area contributed by atoms with Crippen LogP contribution in [-0.4, -0.2) is 50.6 Å². The molecule has 0 unspecified atom stereocenters. The number of carbonyl (C=O) groups is 2. The summed E-state index contributed by atoms with van der Waals surface area (Å²) in [7, 11) is 5.32. The molecule has 0 aromatic heterocycles. The van der Waals surface area contributed by atoms with Gasteiger partial charge in [-0.15, -0.1) is 0 Å². The monoisotopic (exact) mass is 338 g/mol. The Morgan fingerprint density at radius 2 is 1.92 bits per heavy atom. The molecule has 7 heteroatoms. The lowest BCUT2D eigenvalue weighted by molar-refractivity contribution is 0.0959. The zero-order valence-corrected chi connectivity index (χ0v) is 14.9. The van der Waals surface area contributed by atoms with Crippen molar-refractivity contribution in [3.63, 3.8) is 0 Å². The molecule has 1 aromatic carbocycles. The standard InChI is InChI=1S/C17H27FN4O2/c1-11(2)8-13(10-22(4)5)21-17(24)20-12-6-7-15(18)14(9-12)16(23)19-3/h6-7,9,11,13H,8,10H2,1-5H3,(H,19,23)(H2,20,21,24)/t13-/m0/s1. The lowest BCUT2D eigenvalue weighted by atomic mass is 10.0. The molecule has 0 saturated carbocycles. The highest BCUT2D eigenvalue weighted by molar-refractivity contribution is 5.97. The second-order valence-electron chi connectivity index (χ2n) is 6.46. The summed E-state index contributed by atoms with van der Waals surface area (Å²) in [6.45, 7) is 4.91. The van der Waals surface area contributed by atoms with E-state index in [0.29, 0.717) is 11.6 Å². The number of nitrogens with zero attached hydrogens (tertiary/aromatic N) is 1. The van der Waals surface area contributed by atoms with Gasteiger partial charge in [0, 0.05) is 25.3 Å². The first kappa shape index (κ1) is 19.9. The highest BCUT2D eigenvalue weighted by Crippen LogP contribution is 2.15. The summed E-state index contributed by atoms with van der Waals surface area (Å²) >= 11 is 0. The molecule has 0 saturated heterocycles. The van der Waals surface area contributed by atoms with Crippen molar-refractivity contribution in [1.29, 1.82) is 0 Å². The molecule has 3 amide bonds. The normalized spacial score (nSPS) is 12.2. The van der Waals surface area contributed by atoms with E-state index in [1.54, 1.807) is 0 Å². The third kappa shape index (κ3) is 6.54. The molecular formula is C17H27FN4O2. The van der Waals surface area contributed by atoms with Crippen LogP contribution in [0.1, 0.15) is 30.6 Å². The second kappa shape index (κ2) is 9.22. The molecule has 24 heavy (non-hydrogen) atoms. The van der Waals surface area contributed by atoms with Gasteiger partial charge in [-0.05, 0) is 44.6 Å². The summed E-state index contributed by atoms with van der Waals surface area (Å²) in [6.07, 6.45) is 0.846. The van der Waals surface area contributed by atoms with E-state index < -0.39 is 11.7 Å². The smallest absolute Gasteiger partial charge is 0.319 e. The summed E-state index contributed by atoms with van der Waals surface area (Å²) < 4.78 is 13.6. The van der Waals surface area contributed by atoms with Crippen LogP contribution in [0.25, 0.3) is 0 Å². The van der Waals surface area contributed by atoms with E-state index >= 15 is 0 Å². The molecule has 0 aliphatic carbocycles. The van der Waals surface area contributed by atoms with Crippen molar-refractivity contribution < 1.29 is 14.0 Å². The molecule has 0 radical (unpaired) electrons. The van der Waals surface area contributed by atoms with Crippen LogP contribution in [-0.2, 0) is 0 Å². The Kier molecular flexibility index (Phi) is 7.64. The molecule has 1 aromatic rings. The Bertz CT molecular complexity index is 566. The topological polar surface area (TPSA) is 73.5 Å². The van der Waals surface area contributed by atoms with Crippen molar-refractivity contribution in [2.24, 2.45) is 5.92 Å². The van der Waals surface area contributed by atoms with Crippen LogP contribution in [0, 0.1) is 11.7 Å². The zero-order chi connectivity index (χ0) is 18.3. The maximum absolute atomic E-state index is 13.6. The molecule has 134 valence electrons. The number of anilines is 1. The fourth-order valence-electron chi connectivity index (χ4n) is 2.45. The first-order chi connectivity index (χ1) is 11.2. The molecule has 0 heterocycles. The van der Waals surface area contributed by atoms with Gasteiger partial charge in [-0.2, -0.15) is 0 Å². The minimum atomic E-state index is -0.634. The molecule has 1 rings (SSSR count). The average molecular weight is 338 g/mol. The van der Waals surface area contributed by atoms with E-state index in [9.17, 15) is 14.0 Å². The predicted molar refractivity (Wildman–Crippen MR) is 93.7 cm³/mol. The van der Waals surface area contributed by atoms with Gasteiger partial charge in [0.25, 0.3) is 5.91 Å². The van der Waals surface area contributed by atoms with Crippen LogP contribution in [0.2, 0.25) is 0 Å². The van der Waals surface area contributed by atoms with Gasteiger partial charge in [-0.25, -0.2) is 9.18 Å². The van der Waals surface area contributed by atoms with Crippen molar-refractivity contribution in [2.45, 2.75) is 26.3 Å². The van der Waals surface area contributed by atoms with E-state index in [2.05, 4.69) is 29.8 Å². The Morgan fingerprint density at radius 1 is 1.25 bits per heavy atom. The van der Waals surface area contributed by atoms with Crippen LogP contribution < -0.4 is 16.0 Å². The summed E-state index contributed by atoms with van der Waals surface area (Å²) in [6, 6.07) is 3.52. The molecule has 3 N–H and O–H groups in total. The molecule has 0 spiro atoms. The Morgan fingerprint density at radius 3 is 2.46 bits per heavy atom. The van der Waals surface area contributed by atoms with Crippen LogP contribution in [0.4, 0.5) is 14.9 Å². The number of carbonyl (C=O) groups excluding carboxylic acids is 2. The number of halogens is 1. The maximum Gasteiger partial charge on any atom is 0.319 e. The number of hydrogen-bond acceptors (Lipinski definition) is 3. The van der Waals surface area contributed by atoms with Gasteiger partial charge >= 0.3 is 6.03 Å². The SMILES string of the molecule is CNC(=O)c1cc(NC(=O)N[C@@H](CC(C)C)CN(C)C)ccc1F. The van der Waals surface area contributed by atoms with Crippen molar-refractivity contribution in [1.82, 2.24) is 15.5 Å². The lowest BCUT2D eigenvalue weighted by Crippen LogP contribution is -2.44. The third-order valence-electron chi connectivity index (χ3n) is 3.37. The van der Waals surface area contributed by atoms with Crippen molar-refractivity contribution >= 4 is 17.6 Å². The van der Waals surface area contributed by atoms with Crippen LogP contribution in [0.5, 0.6) is 0 Å². The molecule has 0 fully saturated rings. The van der Waals surface area contributed by atoms with Gasteiger partial charge in [0.2, 0.25) is 0 Å². The van der Waals surface area contributed by atoms with Crippen LogP contribution in [0.3, 0.4) is 0 Å². The van der Waals surface area contributed by atoms with Crippen molar-refractivity contribution in [2.75, 3.05) is 33.0 Å². The van der Waals surface area contributed by atoms with Crippen molar-refractivity contribution in [3.05, 3.63) is 29.6 Å². The number of hydrogen-bond donors (Lipinski definition) is 3. The van der Waals surface area contributed by atoms with Crippen molar-refractivity contribution in [3.8, 4) is 0 Å². The zero-order valence-electron chi connectivity index (χ0n) is 14.9. The fourth-order valence-corrected chi connectivity index (χ4v) is 2.45. The molecule has 0 aliphatic heterocycles. The van der Waals surface area contributed by atoms with Gasteiger partial charge in [0.05, 0.1) is 5.56 Å². The van der Waals surface area contributed by atoms with Gasteiger partial charge in [0.1, 0.15) is 5.82 Å². The first-order valence-corrected chi connectivity index (χ1v) is 7.96. The number of urea groups is 1. The van der Waals surface area contributed by atoms with Gasteiger partial charge in [-0.1, -0.05) is 13.8 Å². The highest BCUT2D eigenvalue weighted by atomic mass is 19.1. The lowest BCUT2D eigenvalue weighted by Gasteiger charge is -2.24. The largest absolute Gasteiger partial charge is 0.355 e. The van der Waals surface area contributed by atoms with E-state index in [0.717, 1.165) is 19.0 Å². The number of likely N-dealkylation sites (N-methyl/N-ethyl adjacent to an activating group) is 1. The van der Waals surface area contributed by atoms with Gasteiger partial charge in [0.15, 0.2) is 0 Å². The minimum Gasteiger partial charge on any atom is -0.355 e.